The Morgan fingerprint density at radius 1 is 1.25 bits per heavy atom. The maximum Gasteiger partial charge on any atom is 0.335 e. The molecular formula is C14H17N3O3. The zero-order valence-electron chi connectivity index (χ0n) is 11.8. The summed E-state index contributed by atoms with van der Waals surface area (Å²) in [6, 6.07) is 1.000. The number of hydrogen-bond acceptors (Lipinski definition) is 4. The van der Waals surface area contributed by atoms with Gasteiger partial charge in [0.05, 0.1) is 11.9 Å². The third-order valence-corrected chi connectivity index (χ3v) is 3.93. The Labute approximate surface area is 117 Å². The SMILES string of the molecule is CCC1(CC)C(=O)NC(=O)N(c2cnccc2C)C1=O. The molecule has 0 radical (unpaired) electrons. The maximum absolute atomic E-state index is 12.7. The van der Waals surface area contributed by atoms with Gasteiger partial charge in [-0.3, -0.25) is 19.9 Å². The van der Waals surface area contributed by atoms with E-state index in [0.717, 1.165) is 10.5 Å². The summed E-state index contributed by atoms with van der Waals surface area (Å²) in [5.41, 5.74) is -0.0244. The Morgan fingerprint density at radius 3 is 2.45 bits per heavy atom. The predicted molar refractivity (Wildman–Crippen MR) is 73.0 cm³/mol. The van der Waals surface area contributed by atoms with Crippen LogP contribution in [0.25, 0.3) is 0 Å². The van der Waals surface area contributed by atoms with E-state index >= 15 is 0 Å². The van der Waals surface area contributed by atoms with Crippen LogP contribution in [0.1, 0.15) is 32.3 Å². The number of carbonyl (C=O) groups excluding carboxylic acids is 3. The first-order valence-corrected chi connectivity index (χ1v) is 6.58. The van der Waals surface area contributed by atoms with Crippen LogP contribution < -0.4 is 10.2 Å². The molecule has 1 aliphatic rings. The van der Waals surface area contributed by atoms with Crippen molar-refractivity contribution < 1.29 is 14.4 Å². The van der Waals surface area contributed by atoms with Gasteiger partial charge in [0.2, 0.25) is 5.91 Å². The topological polar surface area (TPSA) is 79.4 Å². The van der Waals surface area contributed by atoms with Gasteiger partial charge in [-0.25, -0.2) is 9.69 Å². The van der Waals surface area contributed by atoms with Crippen LogP contribution in [-0.2, 0) is 9.59 Å². The molecule has 1 fully saturated rings. The zero-order valence-corrected chi connectivity index (χ0v) is 11.8. The van der Waals surface area contributed by atoms with Crippen molar-refractivity contribution in [2.45, 2.75) is 33.6 Å². The van der Waals surface area contributed by atoms with E-state index < -0.39 is 23.3 Å². The summed E-state index contributed by atoms with van der Waals surface area (Å²) in [6.45, 7) is 5.32. The molecule has 106 valence electrons. The monoisotopic (exact) mass is 275 g/mol. The number of rotatable bonds is 3. The molecule has 2 rings (SSSR count). The van der Waals surface area contributed by atoms with Crippen molar-refractivity contribution >= 4 is 23.5 Å². The summed E-state index contributed by atoms with van der Waals surface area (Å²) in [7, 11) is 0. The lowest BCUT2D eigenvalue weighted by molar-refractivity contribution is -0.143. The molecule has 1 aromatic rings. The largest absolute Gasteiger partial charge is 0.335 e. The number of pyridine rings is 1. The highest BCUT2D eigenvalue weighted by atomic mass is 16.2. The molecule has 0 unspecified atom stereocenters. The maximum atomic E-state index is 12.7. The van der Waals surface area contributed by atoms with Crippen LogP contribution in [0.5, 0.6) is 0 Å². The van der Waals surface area contributed by atoms with Gasteiger partial charge >= 0.3 is 6.03 Å². The first-order valence-electron chi connectivity index (χ1n) is 6.58. The van der Waals surface area contributed by atoms with Gasteiger partial charge in [-0.2, -0.15) is 0 Å². The van der Waals surface area contributed by atoms with E-state index in [9.17, 15) is 14.4 Å². The van der Waals surface area contributed by atoms with Gasteiger partial charge in [-0.1, -0.05) is 13.8 Å². The van der Waals surface area contributed by atoms with Crippen LogP contribution in [0.15, 0.2) is 18.5 Å². The second kappa shape index (κ2) is 5.03. The number of hydrogen-bond donors (Lipinski definition) is 1. The molecule has 1 aromatic heterocycles. The number of amides is 4. The molecule has 6 heteroatoms. The third-order valence-electron chi connectivity index (χ3n) is 3.93. The van der Waals surface area contributed by atoms with E-state index in [4.69, 9.17) is 0 Å². The van der Waals surface area contributed by atoms with E-state index in [0.29, 0.717) is 18.5 Å². The number of carbonyl (C=O) groups is 3. The lowest BCUT2D eigenvalue weighted by Crippen LogP contribution is -2.64. The van der Waals surface area contributed by atoms with Crippen molar-refractivity contribution in [1.29, 1.82) is 0 Å². The summed E-state index contributed by atoms with van der Waals surface area (Å²) < 4.78 is 0. The first kappa shape index (κ1) is 14.2. The minimum atomic E-state index is -1.18. The summed E-state index contributed by atoms with van der Waals surface area (Å²) in [4.78, 5) is 41.8. The van der Waals surface area contributed by atoms with Gasteiger partial charge in [-0.05, 0) is 31.4 Å². The number of anilines is 1. The van der Waals surface area contributed by atoms with Crippen molar-refractivity contribution in [3.8, 4) is 0 Å². The molecule has 0 saturated carbocycles. The highest BCUT2D eigenvalue weighted by molar-refractivity contribution is 6.30. The molecule has 6 nitrogen and oxygen atoms in total. The minimum absolute atomic E-state index is 0.345. The van der Waals surface area contributed by atoms with Crippen molar-refractivity contribution in [3.05, 3.63) is 24.0 Å². The van der Waals surface area contributed by atoms with E-state index in [-0.39, 0.29) is 0 Å². The van der Waals surface area contributed by atoms with Gasteiger partial charge in [0.15, 0.2) is 0 Å². The molecule has 20 heavy (non-hydrogen) atoms. The van der Waals surface area contributed by atoms with Crippen LogP contribution in [-0.4, -0.2) is 22.8 Å². The van der Waals surface area contributed by atoms with Gasteiger partial charge in [-0.15, -0.1) is 0 Å². The van der Waals surface area contributed by atoms with Crippen LogP contribution in [0.2, 0.25) is 0 Å². The van der Waals surface area contributed by atoms with Crippen LogP contribution >= 0.6 is 0 Å². The summed E-state index contributed by atoms with van der Waals surface area (Å²) in [6.07, 6.45) is 3.73. The lowest BCUT2D eigenvalue weighted by Gasteiger charge is -2.38. The molecule has 4 amide bonds. The second-order valence-electron chi connectivity index (χ2n) is 4.85. The Bertz CT molecular complexity index is 579. The summed E-state index contributed by atoms with van der Waals surface area (Å²) in [5.74, 6) is -0.998. The Hall–Kier alpha value is -2.24. The average Bonchev–Trinajstić information content (AvgIpc) is 2.42. The highest BCUT2D eigenvalue weighted by Gasteiger charge is 2.52. The fourth-order valence-electron chi connectivity index (χ4n) is 2.46. The van der Waals surface area contributed by atoms with Crippen molar-refractivity contribution in [3.63, 3.8) is 0 Å². The molecule has 0 atom stereocenters. The van der Waals surface area contributed by atoms with Gasteiger partial charge in [0, 0.05) is 6.20 Å². The number of urea groups is 1. The second-order valence-corrected chi connectivity index (χ2v) is 4.85. The molecule has 0 spiro atoms. The van der Waals surface area contributed by atoms with Crippen molar-refractivity contribution in [1.82, 2.24) is 10.3 Å². The predicted octanol–water partition coefficient (Wildman–Crippen LogP) is 1.78. The average molecular weight is 275 g/mol. The Morgan fingerprint density at radius 2 is 1.90 bits per heavy atom. The number of aryl methyl sites for hydroxylation is 1. The van der Waals surface area contributed by atoms with Crippen molar-refractivity contribution in [2.24, 2.45) is 5.41 Å². The molecule has 1 saturated heterocycles. The normalized spacial score (nSPS) is 18.1. The number of barbiturate groups is 1. The molecule has 0 aliphatic carbocycles. The number of imide groups is 2. The van der Waals surface area contributed by atoms with Gasteiger partial charge < -0.3 is 0 Å². The third kappa shape index (κ3) is 1.88. The zero-order chi connectivity index (χ0) is 14.9. The Kier molecular flexibility index (Phi) is 3.57. The summed E-state index contributed by atoms with van der Waals surface area (Å²) in [5, 5.41) is 2.28. The highest BCUT2D eigenvalue weighted by Crippen LogP contribution is 2.35. The van der Waals surface area contributed by atoms with Crippen LogP contribution in [0.4, 0.5) is 10.5 Å². The molecule has 0 aromatic carbocycles. The number of nitrogens with one attached hydrogen (secondary N) is 1. The van der Waals surface area contributed by atoms with Crippen LogP contribution in [0, 0.1) is 12.3 Å². The van der Waals surface area contributed by atoms with E-state index in [1.165, 1.54) is 6.20 Å². The fourth-order valence-corrected chi connectivity index (χ4v) is 2.46. The number of nitrogens with zero attached hydrogens (tertiary/aromatic N) is 2. The van der Waals surface area contributed by atoms with Crippen LogP contribution in [0.3, 0.4) is 0 Å². The standard InChI is InChI=1S/C14H17N3O3/c1-4-14(5-2)11(18)16-13(20)17(12(14)19)10-8-15-7-6-9(10)3/h6-8H,4-5H2,1-3H3,(H,16,18,20). The molecular weight excluding hydrogens is 258 g/mol. The van der Waals surface area contributed by atoms with Gasteiger partial charge in [0.25, 0.3) is 5.91 Å². The van der Waals surface area contributed by atoms with E-state index in [1.54, 1.807) is 33.0 Å². The summed E-state index contributed by atoms with van der Waals surface area (Å²) >= 11 is 0. The molecule has 1 aliphatic heterocycles. The minimum Gasteiger partial charge on any atom is -0.276 e. The Balaban J connectivity index is 2.54. The quantitative estimate of drug-likeness (QED) is 0.853. The van der Waals surface area contributed by atoms with Gasteiger partial charge in [0.1, 0.15) is 5.41 Å². The molecule has 0 bridgehead atoms. The smallest absolute Gasteiger partial charge is 0.276 e. The number of aromatic nitrogens is 1. The fraction of sp³-hybridized carbons (Fsp3) is 0.429. The molecule has 1 N–H and O–H groups in total. The van der Waals surface area contributed by atoms with E-state index in [1.807, 2.05) is 0 Å². The van der Waals surface area contributed by atoms with Crippen molar-refractivity contribution in [2.75, 3.05) is 4.90 Å². The lowest BCUT2D eigenvalue weighted by atomic mass is 9.78. The first-order chi connectivity index (χ1) is 9.47. The molecule has 2 heterocycles. The van der Waals surface area contributed by atoms with E-state index in [2.05, 4.69) is 10.3 Å².